The zero-order valence-electron chi connectivity index (χ0n) is 13.9. The number of carbonyl (C=O) groups is 1. The Kier molecular flexibility index (Phi) is 5.41. The normalized spacial score (nSPS) is 10.6. The van der Waals surface area contributed by atoms with E-state index < -0.39 is 0 Å². The van der Waals surface area contributed by atoms with Crippen LogP contribution in [0.5, 0.6) is 11.5 Å². The van der Waals surface area contributed by atoms with E-state index in [2.05, 4.69) is 0 Å². The molecule has 120 valence electrons. The number of hydrogen-bond donors (Lipinski definition) is 0. The summed E-state index contributed by atoms with van der Waals surface area (Å²) in [6.45, 7) is 0. The molecule has 0 saturated heterocycles. The Morgan fingerprint density at radius 3 is 2.26 bits per heavy atom. The number of hydrogen-bond acceptors (Lipinski definition) is 4. The van der Waals surface area contributed by atoms with E-state index in [1.54, 1.807) is 44.6 Å². The highest BCUT2D eigenvalue weighted by atomic mass is 16.5. The number of carbonyl (C=O) groups excluding carboxylic acids is 1. The maximum atomic E-state index is 12.4. The van der Waals surface area contributed by atoms with Crippen molar-refractivity contribution in [3.63, 3.8) is 0 Å². The summed E-state index contributed by atoms with van der Waals surface area (Å²) in [5.41, 5.74) is 2.56. The molecule has 0 aliphatic heterocycles. The molecule has 0 N–H and O–H groups in total. The largest absolute Gasteiger partial charge is 0.497 e. The van der Waals surface area contributed by atoms with Crippen molar-refractivity contribution >= 4 is 17.5 Å². The maximum Gasteiger partial charge on any atom is 0.189 e. The summed E-state index contributed by atoms with van der Waals surface area (Å²) in [5, 5.41) is 0. The van der Waals surface area contributed by atoms with Crippen molar-refractivity contribution in [3.05, 3.63) is 59.7 Å². The molecule has 0 aromatic heterocycles. The van der Waals surface area contributed by atoms with Crippen LogP contribution >= 0.6 is 0 Å². The van der Waals surface area contributed by atoms with Crippen molar-refractivity contribution in [2.75, 3.05) is 33.2 Å². The van der Waals surface area contributed by atoms with Gasteiger partial charge in [-0.15, -0.1) is 0 Å². The standard InChI is InChI=1S/C19H21NO3/c1-20(2)15-8-5-14(6-9-15)7-11-18(21)17-13-16(22-3)10-12-19(17)23-4/h5-13H,1-4H3/b11-7+. The number of ether oxygens (including phenoxy) is 2. The molecule has 0 spiro atoms. The summed E-state index contributed by atoms with van der Waals surface area (Å²) in [6.07, 6.45) is 3.34. The molecule has 2 aromatic rings. The van der Waals surface area contributed by atoms with Crippen LogP contribution in [-0.2, 0) is 0 Å². The van der Waals surface area contributed by atoms with Crippen molar-refractivity contribution in [2.45, 2.75) is 0 Å². The number of methoxy groups -OCH3 is 2. The molecule has 23 heavy (non-hydrogen) atoms. The second-order valence-corrected chi connectivity index (χ2v) is 5.25. The van der Waals surface area contributed by atoms with Gasteiger partial charge in [0.05, 0.1) is 19.8 Å². The minimum Gasteiger partial charge on any atom is -0.497 e. The molecule has 0 atom stereocenters. The van der Waals surface area contributed by atoms with Crippen LogP contribution in [0.2, 0.25) is 0 Å². The lowest BCUT2D eigenvalue weighted by Crippen LogP contribution is -2.07. The van der Waals surface area contributed by atoms with Gasteiger partial charge < -0.3 is 14.4 Å². The van der Waals surface area contributed by atoms with Crippen molar-refractivity contribution < 1.29 is 14.3 Å². The van der Waals surface area contributed by atoms with Gasteiger partial charge in [-0.05, 0) is 42.0 Å². The van der Waals surface area contributed by atoms with Crippen LogP contribution < -0.4 is 14.4 Å². The van der Waals surface area contributed by atoms with Crippen LogP contribution in [0.4, 0.5) is 5.69 Å². The van der Waals surface area contributed by atoms with E-state index in [1.807, 2.05) is 43.3 Å². The lowest BCUT2D eigenvalue weighted by atomic mass is 10.1. The van der Waals surface area contributed by atoms with Crippen LogP contribution in [0.25, 0.3) is 6.08 Å². The molecule has 2 aromatic carbocycles. The van der Waals surface area contributed by atoms with Crippen LogP contribution in [0.3, 0.4) is 0 Å². The van der Waals surface area contributed by atoms with Crippen molar-refractivity contribution in [2.24, 2.45) is 0 Å². The van der Waals surface area contributed by atoms with Crippen molar-refractivity contribution in [1.82, 2.24) is 0 Å². The summed E-state index contributed by atoms with van der Waals surface area (Å²) in [6, 6.07) is 13.1. The Morgan fingerprint density at radius 2 is 1.70 bits per heavy atom. The average molecular weight is 311 g/mol. The van der Waals surface area contributed by atoms with Crippen molar-refractivity contribution in [3.8, 4) is 11.5 Å². The van der Waals surface area contributed by atoms with Crippen LogP contribution in [0, 0.1) is 0 Å². The third kappa shape index (κ3) is 4.13. The molecule has 0 amide bonds. The molecule has 4 nitrogen and oxygen atoms in total. The molecule has 0 saturated carbocycles. The molecule has 4 heteroatoms. The number of anilines is 1. The van der Waals surface area contributed by atoms with E-state index in [1.165, 1.54) is 0 Å². The summed E-state index contributed by atoms with van der Waals surface area (Å²) in [4.78, 5) is 14.4. The quantitative estimate of drug-likeness (QED) is 0.603. The van der Waals surface area contributed by atoms with Crippen LogP contribution in [0.15, 0.2) is 48.5 Å². The molecular weight excluding hydrogens is 290 g/mol. The van der Waals surface area contributed by atoms with Gasteiger partial charge in [0.25, 0.3) is 0 Å². The van der Waals surface area contributed by atoms with Gasteiger partial charge in [0.2, 0.25) is 0 Å². The van der Waals surface area contributed by atoms with Gasteiger partial charge in [-0.3, -0.25) is 4.79 Å². The molecule has 0 bridgehead atoms. The summed E-state index contributed by atoms with van der Waals surface area (Å²) in [5.74, 6) is 1.03. The predicted octanol–water partition coefficient (Wildman–Crippen LogP) is 3.67. The Balaban J connectivity index is 2.21. The first-order chi connectivity index (χ1) is 11.0. The number of rotatable bonds is 6. The highest BCUT2D eigenvalue weighted by molar-refractivity contribution is 6.08. The average Bonchev–Trinajstić information content (AvgIpc) is 2.59. The van der Waals surface area contributed by atoms with Gasteiger partial charge in [0.15, 0.2) is 5.78 Å². The number of nitrogens with zero attached hydrogens (tertiary/aromatic N) is 1. The monoisotopic (exact) mass is 311 g/mol. The second kappa shape index (κ2) is 7.49. The van der Waals surface area contributed by atoms with Gasteiger partial charge in [-0.25, -0.2) is 0 Å². The highest BCUT2D eigenvalue weighted by Crippen LogP contribution is 2.25. The minimum absolute atomic E-state index is 0.127. The summed E-state index contributed by atoms with van der Waals surface area (Å²) >= 11 is 0. The minimum atomic E-state index is -0.127. The molecule has 0 unspecified atom stereocenters. The maximum absolute atomic E-state index is 12.4. The zero-order valence-corrected chi connectivity index (χ0v) is 13.9. The summed E-state index contributed by atoms with van der Waals surface area (Å²) in [7, 11) is 7.09. The fourth-order valence-electron chi connectivity index (χ4n) is 2.15. The first-order valence-corrected chi connectivity index (χ1v) is 7.27. The fourth-order valence-corrected chi connectivity index (χ4v) is 2.15. The summed E-state index contributed by atoms with van der Waals surface area (Å²) < 4.78 is 10.4. The highest BCUT2D eigenvalue weighted by Gasteiger charge is 2.11. The van der Waals surface area contributed by atoms with Crippen LogP contribution in [0.1, 0.15) is 15.9 Å². The first kappa shape index (κ1) is 16.6. The molecule has 0 radical (unpaired) electrons. The van der Waals surface area contributed by atoms with Gasteiger partial charge in [-0.2, -0.15) is 0 Å². The van der Waals surface area contributed by atoms with E-state index in [0.717, 1.165) is 11.3 Å². The number of benzene rings is 2. The van der Waals surface area contributed by atoms with Gasteiger partial charge in [-0.1, -0.05) is 18.2 Å². The van der Waals surface area contributed by atoms with Crippen LogP contribution in [-0.4, -0.2) is 34.1 Å². The molecule has 0 heterocycles. The Hall–Kier alpha value is -2.75. The van der Waals surface area contributed by atoms with Gasteiger partial charge in [0.1, 0.15) is 11.5 Å². The van der Waals surface area contributed by atoms with E-state index in [-0.39, 0.29) is 5.78 Å². The molecule has 0 aliphatic rings. The van der Waals surface area contributed by atoms with E-state index in [0.29, 0.717) is 17.1 Å². The Labute approximate surface area is 137 Å². The number of ketones is 1. The molecule has 0 fully saturated rings. The first-order valence-electron chi connectivity index (χ1n) is 7.27. The lowest BCUT2D eigenvalue weighted by Gasteiger charge is -2.11. The zero-order chi connectivity index (χ0) is 16.8. The van der Waals surface area contributed by atoms with E-state index in [4.69, 9.17) is 9.47 Å². The number of allylic oxidation sites excluding steroid dienone is 1. The lowest BCUT2D eigenvalue weighted by molar-refractivity contribution is 0.104. The van der Waals surface area contributed by atoms with Gasteiger partial charge >= 0.3 is 0 Å². The third-order valence-electron chi connectivity index (χ3n) is 3.51. The van der Waals surface area contributed by atoms with Gasteiger partial charge in [0, 0.05) is 19.8 Å². The molecule has 0 aliphatic carbocycles. The Morgan fingerprint density at radius 1 is 1.00 bits per heavy atom. The van der Waals surface area contributed by atoms with E-state index in [9.17, 15) is 4.79 Å². The van der Waals surface area contributed by atoms with Crippen molar-refractivity contribution in [1.29, 1.82) is 0 Å². The molecule has 2 rings (SSSR count). The fraction of sp³-hybridized carbons (Fsp3) is 0.211. The second-order valence-electron chi connectivity index (χ2n) is 5.25. The topological polar surface area (TPSA) is 38.8 Å². The predicted molar refractivity (Wildman–Crippen MR) is 93.7 cm³/mol. The third-order valence-corrected chi connectivity index (χ3v) is 3.51. The SMILES string of the molecule is COc1ccc(OC)c(C(=O)/C=C/c2ccc(N(C)C)cc2)c1. The Bertz CT molecular complexity index is 703. The molecular formula is C19H21NO3. The van der Waals surface area contributed by atoms with E-state index >= 15 is 0 Å². The smallest absolute Gasteiger partial charge is 0.189 e.